The van der Waals surface area contributed by atoms with Crippen LogP contribution in [-0.4, -0.2) is 0 Å². The Morgan fingerprint density at radius 3 is 1.71 bits per heavy atom. The molecule has 10 rings (SSSR count). The van der Waals surface area contributed by atoms with E-state index in [0.29, 0.717) is 0 Å². The Balaban J connectivity index is 1.29. The van der Waals surface area contributed by atoms with Gasteiger partial charge in [-0.05, 0) is 117 Å². The molecule has 1 aliphatic rings. The van der Waals surface area contributed by atoms with Gasteiger partial charge in [-0.25, -0.2) is 0 Å². The summed E-state index contributed by atoms with van der Waals surface area (Å²) in [5.74, 6) is 0. The van der Waals surface area contributed by atoms with Crippen LogP contribution in [0.1, 0.15) is 25.0 Å². The number of fused-ring (bicyclic) bond motifs is 6. The maximum absolute atomic E-state index is 2.46. The average Bonchev–Trinajstić information content (AvgIpc) is 3.42. The Morgan fingerprint density at radius 2 is 0.882 bits per heavy atom. The van der Waals surface area contributed by atoms with E-state index in [4.69, 9.17) is 0 Å². The molecule has 51 heavy (non-hydrogen) atoms. The van der Waals surface area contributed by atoms with Gasteiger partial charge in [-0.3, -0.25) is 0 Å². The Hall–Kier alpha value is -6.24. The van der Waals surface area contributed by atoms with E-state index in [2.05, 4.69) is 196 Å². The fraction of sp³-hybridized carbons (Fsp3) is 0.0588. The highest BCUT2D eigenvalue weighted by Crippen LogP contribution is 2.52. The molecule has 0 heterocycles. The Labute approximate surface area is 299 Å². The van der Waals surface area contributed by atoms with Crippen LogP contribution in [-0.2, 0) is 5.41 Å². The van der Waals surface area contributed by atoms with Crippen molar-refractivity contribution < 1.29 is 0 Å². The quantitative estimate of drug-likeness (QED) is 0.167. The van der Waals surface area contributed by atoms with Gasteiger partial charge in [0.25, 0.3) is 0 Å². The molecule has 0 amide bonds. The molecule has 0 radical (unpaired) electrons. The van der Waals surface area contributed by atoms with Crippen molar-refractivity contribution >= 4 is 32.3 Å². The van der Waals surface area contributed by atoms with Crippen molar-refractivity contribution in [2.75, 3.05) is 0 Å². The molecule has 0 unspecified atom stereocenters. The van der Waals surface area contributed by atoms with Crippen LogP contribution in [0.5, 0.6) is 0 Å². The molecule has 0 nitrogen and oxygen atoms in total. The van der Waals surface area contributed by atoms with Gasteiger partial charge < -0.3 is 0 Å². The molecule has 9 aromatic rings. The summed E-state index contributed by atoms with van der Waals surface area (Å²) in [5.41, 5.74) is 15.4. The van der Waals surface area contributed by atoms with Crippen molar-refractivity contribution in [3.05, 3.63) is 193 Å². The fourth-order valence-corrected chi connectivity index (χ4v) is 8.78. The Morgan fingerprint density at radius 1 is 0.294 bits per heavy atom. The van der Waals surface area contributed by atoms with Crippen molar-refractivity contribution in [1.82, 2.24) is 0 Å². The SMILES string of the molecule is CC1(C)c2ccccc2-c2cc(-c3c4ccccc4c(-c4ccccc4-c4ccc5ccccc5c4)c4ccc(-c5ccccc5)cc34)ccc21. The van der Waals surface area contributed by atoms with Crippen LogP contribution in [0.4, 0.5) is 0 Å². The summed E-state index contributed by atoms with van der Waals surface area (Å²) >= 11 is 0. The molecule has 0 saturated heterocycles. The minimum absolute atomic E-state index is 0.0363. The van der Waals surface area contributed by atoms with E-state index in [1.54, 1.807) is 0 Å². The second kappa shape index (κ2) is 11.4. The lowest BCUT2D eigenvalue weighted by molar-refractivity contribution is 0.660. The highest BCUT2D eigenvalue weighted by Gasteiger charge is 2.35. The van der Waals surface area contributed by atoms with Gasteiger partial charge in [-0.1, -0.05) is 178 Å². The molecule has 0 aliphatic heterocycles. The van der Waals surface area contributed by atoms with Crippen LogP contribution in [0.3, 0.4) is 0 Å². The summed E-state index contributed by atoms with van der Waals surface area (Å²) in [7, 11) is 0. The highest BCUT2D eigenvalue weighted by molar-refractivity contribution is 6.23. The van der Waals surface area contributed by atoms with Crippen LogP contribution < -0.4 is 0 Å². The largest absolute Gasteiger partial charge is 0.0622 e. The summed E-state index contributed by atoms with van der Waals surface area (Å²) in [6.45, 7) is 4.71. The van der Waals surface area contributed by atoms with E-state index >= 15 is 0 Å². The van der Waals surface area contributed by atoms with Gasteiger partial charge in [0.2, 0.25) is 0 Å². The van der Waals surface area contributed by atoms with E-state index in [1.165, 1.54) is 99.1 Å². The number of rotatable bonds is 4. The molecular weight excluding hydrogens is 613 g/mol. The van der Waals surface area contributed by atoms with Gasteiger partial charge in [-0.2, -0.15) is 0 Å². The lowest BCUT2D eigenvalue weighted by Gasteiger charge is -2.22. The molecule has 0 heteroatoms. The van der Waals surface area contributed by atoms with Crippen LogP contribution in [0.15, 0.2) is 182 Å². The maximum Gasteiger partial charge on any atom is 0.0158 e. The molecule has 0 fully saturated rings. The third-order valence-corrected chi connectivity index (χ3v) is 11.3. The third kappa shape index (κ3) is 4.60. The van der Waals surface area contributed by atoms with Gasteiger partial charge in [-0.15, -0.1) is 0 Å². The first kappa shape index (κ1) is 29.7. The van der Waals surface area contributed by atoms with E-state index in [9.17, 15) is 0 Å². The lowest BCUT2D eigenvalue weighted by Crippen LogP contribution is -2.14. The van der Waals surface area contributed by atoms with Crippen molar-refractivity contribution in [2.24, 2.45) is 0 Å². The zero-order valence-corrected chi connectivity index (χ0v) is 28.8. The van der Waals surface area contributed by atoms with E-state index in [1.807, 2.05) is 0 Å². The second-order valence-corrected chi connectivity index (χ2v) is 14.5. The molecule has 0 saturated carbocycles. The van der Waals surface area contributed by atoms with Gasteiger partial charge in [0.15, 0.2) is 0 Å². The lowest BCUT2D eigenvalue weighted by atomic mass is 9.81. The van der Waals surface area contributed by atoms with E-state index in [-0.39, 0.29) is 5.41 Å². The predicted molar refractivity (Wildman–Crippen MR) is 218 cm³/mol. The summed E-state index contributed by atoms with van der Waals surface area (Å²) in [6, 6.07) is 67.5. The number of benzene rings is 9. The highest BCUT2D eigenvalue weighted by atomic mass is 14.4. The first-order valence-corrected chi connectivity index (χ1v) is 17.9. The molecule has 1 aliphatic carbocycles. The molecule has 0 N–H and O–H groups in total. The van der Waals surface area contributed by atoms with Gasteiger partial charge in [0, 0.05) is 5.41 Å². The van der Waals surface area contributed by atoms with Gasteiger partial charge >= 0.3 is 0 Å². The first-order valence-electron chi connectivity index (χ1n) is 17.9. The minimum atomic E-state index is -0.0363. The van der Waals surface area contributed by atoms with Gasteiger partial charge in [0.05, 0.1) is 0 Å². The molecular formula is C51H36. The summed E-state index contributed by atoms with van der Waals surface area (Å²) in [6.07, 6.45) is 0. The zero-order chi connectivity index (χ0) is 34.1. The minimum Gasteiger partial charge on any atom is -0.0622 e. The van der Waals surface area contributed by atoms with Crippen LogP contribution in [0, 0.1) is 0 Å². The Kier molecular flexibility index (Phi) is 6.63. The summed E-state index contributed by atoms with van der Waals surface area (Å²) in [4.78, 5) is 0. The first-order chi connectivity index (χ1) is 25.1. The topological polar surface area (TPSA) is 0 Å². The molecule has 9 aromatic carbocycles. The zero-order valence-electron chi connectivity index (χ0n) is 28.8. The van der Waals surface area contributed by atoms with Crippen LogP contribution >= 0.6 is 0 Å². The van der Waals surface area contributed by atoms with Crippen molar-refractivity contribution in [1.29, 1.82) is 0 Å². The standard InChI is InChI=1S/C51H36/c1-51(2)47-23-13-12-19-40(47)45-32-38(27-29-48(45)51)49-42-21-10-11-22-43(42)50(44-28-26-36(31-46(44)49)33-14-4-3-5-15-33)41-20-9-8-18-39(41)37-25-24-34-16-6-7-17-35(34)30-37/h3-32H,1-2H3. The smallest absolute Gasteiger partial charge is 0.0158 e. The number of hydrogen-bond acceptors (Lipinski definition) is 0. The monoisotopic (exact) mass is 648 g/mol. The molecule has 0 atom stereocenters. The van der Waals surface area contributed by atoms with Crippen molar-refractivity contribution in [2.45, 2.75) is 19.3 Å². The second-order valence-electron chi connectivity index (χ2n) is 14.5. The van der Waals surface area contributed by atoms with Crippen molar-refractivity contribution in [3.63, 3.8) is 0 Å². The normalized spacial score (nSPS) is 13.1. The fourth-order valence-electron chi connectivity index (χ4n) is 8.78. The molecule has 0 spiro atoms. The van der Waals surface area contributed by atoms with E-state index < -0.39 is 0 Å². The van der Waals surface area contributed by atoms with Gasteiger partial charge in [0.1, 0.15) is 0 Å². The molecule has 0 aromatic heterocycles. The molecule has 0 bridgehead atoms. The summed E-state index contributed by atoms with van der Waals surface area (Å²) < 4.78 is 0. The van der Waals surface area contributed by atoms with Crippen molar-refractivity contribution in [3.8, 4) is 55.6 Å². The molecule has 240 valence electrons. The number of hydrogen-bond donors (Lipinski definition) is 0. The maximum atomic E-state index is 2.46. The predicted octanol–water partition coefficient (Wildman–Crippen LogP) is 14.1. The Bertz CT molecular complexity index is 2820. The van der Waals surface area contributed by atoms with E-state index in [0.717, 1.165) is 0 Å². The van der Waals surface area contributed by atoms with Crippen LogP contribution in [0.25, 0.3) is 88.0 Å². The average molecular weight is 649 g/mol. The summed E-state index contributed by atoms with van der Waals surface area (Å²) in [5, 5.41) is 7.57. The van der Waals surface area contributed by atoms with Crippen LogP contribution in [0.2, 0.25) is 0 Å². The third-order valence-electron chi connectivity index (χ3n) is 11.3.